The number of benzene rings is 4. The zero-order valence-corrected chi connectivity index (χ0v) is 19.1. The largest absolute Gasteiger partial charge is 1.00 e. The van der Waals surface area contributed by atoms with Crippen molar-refractivity contribution in [3.63, 3.8) is 0 Å². The average molecular weight is 495 g/mol. The SMILES string of the molecule is O=C(O)c1cccc(C(F)[P+](c2ccccc2)(c2ccccc2)c2ccccc2)c1.[Br-]. The summed E-state index contributed by atoms with van der Waals surface area (Å²) < 4.78 is 16.8. The van der Waals surface area contributed by atoms with Gasteiger partial charge in [-0.1, -0.05) is 66.7 Å². The van der Waals surface area contributed by atoms with Gasteiger partial charge in [0.25, 0.3) is 0 Å². The number of hydrogen-bond donors (Lipinski definition) is 1. The van der Waals surface area contributed by atoms with E-state index >= 15 is 4.39 Å². The van der Waals surface area contributed by atoms with Crippen molar-refractivity contribution in [1.29, 1.82) is 0 Å². The third-order valence-corrected chi connectivity index (χ3v) is 9.56. The maximum absolute atomic E-state index is 16.8. The first-order valence-corrected chi connectivity index (χ1v) is 11.5. The minimum Gasteiger partial charge on any atom is -1.00 e. The van der Waals surface area contributed by atoms with Crippen LogP contribution in [0.2, 0.25) is 0 Å². The van der Waals surface area contributed by atoms with Crippen LogP contribution in [0.4, 0.5) is 4.39 Å². The Morgan fingerprint density at radius 1 is 0.677 bits per heavy atom. The molecule has 4 rings (SSSR count). The van der Waals surface area contributed by atoms with Crippen LogP contribution in [0.15, 0.2) is 115 Å². The normalized spacial score (nSPS) is 11.9. The fourth-order valence-corrected chi connectivity index (χ4v) is 8.09. The third-order valence-electron chi connectivity index (χ3n) is 5.24. The molecule has 4 aromatic rings. The summed E-state index contributed by atoms with van der Waals surface area (Å²) in [6.45, 7) is 0. The van der Waals surface area contributed by atoms with Gasteiger partial charge in [0.2, 0.25) is 5.91 Å². The van der Waals surface area contributed by atoms with E-state index in [0.29, 0.717) is 5.56 Å². The van der Waals surface area contributed by atoms with E-state index in [1.54, 1.807) is 12.1 Å². The smallest absolute Gasteiger partial charge is 0.335 e. The predicted molar refractivity (Wildman–Crippen MR) is 122 cm³/mol. The van der Waals surface area contributed by atoms with Crippen LogP contribution in [-0.4, -0.2) is 11.1 Å². The van der Waals surface area contributed by atoms with Gasteiger partial charge in [0.05, 0.1) is 5.56 Å². The second-order valence-corrected chi connectivity index (χ2v) is 10.4. The molecule has 1 unspecified atom stereocenters. The first-order chi connectivity index (χ1) is 14.6. The summed E-state index contributed by atoms with van der Waals surface area (Å²) in [5.74, 6) is -2.46. The fourth-order valence-electron chi connectivity index (χ4n) is 3.87. The van der Waals surface area contributed by atoms with Crippen molar-refractivity contribution in [2.45, 2.75) is 5.91 Å². The average Bonchev–Trinajstić information content (AvgIpc) is 2.82. The lowest BCUT2D eigenvalue weighted by atomic mass is 10.1. The van der Waals surface area contributed by atoms with E-state index in [1.807, 2.05) is 91.0 Å². The summed E-state index contributed by atoms with van der Waals surface area (Å²) in [4.78, 5) is 11.5. The molecule has 1 atom stereocenters. The van der Waals surface area contributed by atoms with Gasteiger partial charge in [-0.3, -0.25) is 0 Å². The number of carboxylic acids is 1. The molecule has 0 bridgehead atoms. The van der Waals surface area contributed by atoms with Gasteiger partial charge in [-0.25, -0.2) is 4.79 Å². The number of hydrogen-bond acceptors (Lipinski definition) is 1. The molecule has 0 fully saturated rings. The van der Waals surface area contributed by atoms with Gasteiger partial charge in [-0.15, -0.1) is 0 Å². The Kier molecular flexibility index (Phi) is 7.37. The number of aromatic carboxylic acids is 1. The third kappa shape index (κ3) is 4.32. The standard InChI is InChI=1S/C26H20FO2P.BrH/c27-25(20-11-10-12-21(19-20)26(28)29)30(22-13-4-1-5-14-22,23-15-6-2-7-16-23)24-17-8-3-9-18-24;/h1-19,25H;1H. The lowest BCUT2D eigenvalue weighted by Crippen LogP contribution is -3.00. The van der Waals surface area contributed by atoms with E-state index in [4.69, 9.17) is 0 Å². The van der Waals surface area contributed by atoms with Crippen molar-refractivity contribution in [2.24, 2.45) is 0 Å². The van der Waals surface area contributed by atoms with Gasteiger partial charge in [0.15, 0.2) is 7.26 Å². The second-order valence-electron chi connectivity index (χ2n) is 7.00. The molecule has 0 spiro atoms. The monoisotopic (exact) mass is 494 g/mol. The van der Waals surface area contributed by atoms with Gasteiger partial charge in [0.1, 0.15) is 15.9 Å². The molecule has 0 aliphatic carbocycles. The van der Waals surface area contributed by atoms with Crippen LogP contribution >= 0.6 is 7.26 Å². The molecule has 156 valence electrons. The molecule has 0 aromatic heterocycles. The molecule has 4 aromatic carbocycles. The summed E-state index contributed by atoms with van der Waals surface area (Å²) in [6, 6.07) is 35.4. The fraction of sp³-hybridized carbons (Fsp3) is 0.0385. The van der Waals surface area contributed by atoms with Crippen LogP contribution in [0.1, 0.15) is 21.8 Å². The Balaban J connectivity index is 0.00000272. The molecule has 31 heavy (non-hydrogen) atoms. The Bertz CT molecular complexity index is 1040. The maximum Gasteiger partial charge on any atom is 0.335 e. The minimum absolute atomic E-state index is 0. The molecule has 0 radical (unpaired) electrons. The van der Waals surface area contributed by atoms with Crippen LogP contribution in [0, 0.1) is 0 Å². The quantitative estimate of drug-likeness (QED) is 0.418. The van der Waals surface area contributed by atoms with Crippen LogP contribution in [0.25, 0.3) is 0 Å². The summed E-state index contributed by atoms with van der Waals surface area (Å²) in [6.07, 6.45) is 0. The lowest BCUT2D eigenvalue weighted by molar-refractivity contribution is -0.0000218. The maximum atomic E-state index is 16.8. The first-order valence-electron chi connectivity index (χ1n) is 9.67. The van der Waals surface area contributed by atoms with Crippen LogP contribution in [0.5, 0.6) is 0 Å². The van der Waals surface area contributed by atoms with Crippen molar-refractivity contribution in [1.82, 2.24) is 0 Å². The Morgan fingerprint density at radius 2 is 1.10 bits per heavy atom. The molecule has 0 saturated heterocycles. The number of rotatable bonds is 6. The zero-order valence-electron chi connectivity index (χ0n) is 16.6. The van der Waals surface area contributed by atoms with Crippen molar-refractivity contribution in [3.05, 3.63) is 126 Å². The van der Waals surface area contributed by atoms with Gasteiger partial charge >= 0.3 is 5.97 Å². The lowest BCUT2D eigenvalue weighted by Gasteiger charge is -2.30. The number of alkyl halides is 1. The van der Waals surface area contributed by atoms with E-state index in [2.05, 4.69) is 0 Å². The van der Waals surface area contributed by atoms with Gasteiger partial charge in [-0.2, -0.15) is 4.39 Å². The molecule has 5 heteroatoms. The molecular formula is C26H21BrFO2P. The Morgan fingerprint density at radius 3 is 1.48 bits per heavy atom. The molecule has 0 aliphatic heterocycles. The summed E-state index contributed by atoms with van der Waals surface area (Å²) in [5.41, 5.74) is 0.460. The van der Waals surface area contributed by atoms with Crippen molar-refractivity contribution in [2.75, 3.05) is 0 Å². The Labute approximate surface area is 192 Å². The molecular weight excluding hydrogens is 474 g/mol. The summed E-state index contributed by atoms with van der Waals surface area (Å²) in [5, 5.41) is 12.2. The highest BCUT2D eigenvalue weighted by atomic mass is 79.9. The van der Waals surface area contributed by atoms with Crippen molar-refractivity contribution < 1.29 is 31.3 Å². The number of carbonyl (C=O) groups is 1. The summed E-state index contributed by atoms with van der Waals surface area (Å²) >= 11 is 0. The van der Waals surface area contributed by atoms with Gasteiger partial charge in [0, 0.05) is 5.56 Å². The van der Waals surface area contributed by atoms with Crippen molar-refractivity contribution in [3.8, 4) is 0 Å². The van der Waals surface area contributed by atoms with E-state index in [9.17, 15) is 9.90 Å². The summed E-state index contributed by atoms with van der Waals surface area (Å²) in [7, 11) is -2.78. The van der Waals surface area contributed by atoms with Crippen LogP contribution in [-0.2, 0) is 0 Å². The molecule has 2 nitrogen and oxygen atoms in total. The highest BCUT2D eigenvalue weighted by molar-refractivity contribution is 7.95. The van der Waals surface area contributed by atoms with E-state index in [1.165, 1.54) is 12.1 Å². The highest BCUT2D eigenvalue weighted by Crippen LogP contribution is 2.67. The second kappa shape index (κ2) is 10.00. The predicted octanol–water partition coefficient (Wildman–Crippen LogP) is 2.35. The minimum atomic E-state index is -2.78. The molecule has 0 heterocycles. The number of halogens is 2. The highest BCUT2D eigenvalue weighted by Gasteiger charge is 2.54. The molecule has 0 amide bonds. The molecule has 0 aliphatic rings. The Hall–Kier alpha value is -2.81. The van der Waals surface area contributed by atoms with Crippen LogP contribution in [0.3, 0.4) is 0 Å². The van der Waals surface area contributed by atoms with Gasteiger partial charge < -0.3 is 22.1 Å². The zero-order chi connectivity index (χ0) is 21.0. The van der Waals surface area contributed by atoms with Crippen molar-refractivity contribution >= 4 is 29.1 Å². The van der Waals surface area contributed by atoms with E-state index in [-0.39, 0.29) is 22.5 Å². The topological polar surface area (TPSA) is 37.3 Å². The molecule has 1 N–H and O–H groups in total. The van der Waals surface area contributed by atoms with E-state index < -0.39 is 19.1 Å². The van der Waals surface area contributed by atoms with Gasteiger partial charge in [-0.05, 0) is 48.5 Å². The van der Waals surface area contributed by atoms with Crippen LogP contribution < -0.4 is 32.9 Å². The first kappa shape index (κ1) is 22.9. The number of carboxylic acid groups (broad SMARTS) is 1. The van der Waals surface area contributed by atoms with E-state index in [0.717, 1.165) is 15.9 Å². The molecule has 0 saturated carbocycles.